The van der Waals surface area contributed by atoms with Crippen molar-refractivity contribution in [1.82, 2.24) is 9.80 Å². The first-order valence-corrected chi connectivity index (χ1v) is 8.85. The van der Waals surface area contributed by atoms with Crippen LogP contribution in [0.3, 0.4) is 0 Å². The quantitative estimate of drug-likeness (QED) is 0.803. The highest BCUT2D eigenvalue weighted by atomic mass is 79.9. The topological polar surface area (TPSA) is 32.8 Å². The van der Waals surface area contributed by atoms with Crippen molar-refractivity contribution in [2.75, 3.05) is 32.8 Å². The molecule has 1 atom stereocenters. The van der Waals surface area contributed by atoms with Gasteiger partial charge in [0.25, 0.3) is 0 Å². The normalized spacial score (nSPS) is 22.5. The van der Waals surface area contributed by atoms with E-state index in [2.05, 4.69) is 39.9 Å². The third-order valence-electron chi connectivity index (χ3n) is 4.40. The zero-order chi connectivity index (χ0) is 15.5. The average Bonchev–Trinajstić information content (AvgIpc) is 3.34. The molecule has 0 bridgehead atoms. The van der Waals surface area contributed by atoms with E-state index in [4.69, 9.17) is 4.74 Å². The van der Waals surface area contributed by atoms with E-state index in [-0.39, 0.29) is 12.0 Å². The van der Waals surface area contributed by atoms with Crippen LogP contribution < -0.4 is 0 Å². The molecule has 0 radical (unpaired) electrons. The lowest BCUT2D eigenvalue weighted by atomic mass is 10.1. The van der Waals surface area contributed by atoms with Crippen molar-refractivity contribution in [3.63, 3.8) is 0 Å². The van der Waals surface area contributed by atoms with E-state index in [0.717, 1.165) is 24.1 Å². The Morgan fingerprint density at radius 3 is 2.73 bits per heavy atom. The summed E-state index contributed by atoms with van der Waals surface area (Å²) in [5.74, 6) is 0.265. The Bertz CT molecular complexity index is 516. The lowest BCUT2D eigenvalue weighted by Crippen LogP contribution is -2.46. The number of hydrogen-bond donors (Lipinski definition) is 0. The highest BCUT2D eigenvalue weighted by Gasteiger charge is 2.32. The third-order valence-corrected chi connectivity index (χ3v) is 4.93. The Hall–Kier alpha value is -0.910. The first-order valence-electron chi connectivity index (χ1n) is 8.06. The molecule has 1 aliphatic carbocycles. The minimum Gasteiger partial charge on any atom is -0.371 e. The molecule has 3 rings (SSSR count). The second kappa shape index (κ2) is 7.11. The van der Waals surface area contributed by atoms with Crippen molar-refractivity contribution in [2.45, 2.75) is 31.9 Å². The van der Waals surface area contributed by atoms with Crippen molar-refractivity contribution in [1.29, 1.82) is 0 Å². The van der Waals surface area contributed by atoms with Crippen LogP contribution in [0.4, 0.5) is 0 Å². The Balaban J connectivity index is 1.58. The molecule has 0 spiro atoms. The van der Waals surface area contributed by atoms with Crippen molar-refractivity contribution in [3.05, 3.63) is 34.3 Å². The van der Waals surface area contributed by atoms with Gasteiger partial charge in [-0.05, 0) is 37.5 Å². The van der Waals surface area contributed by atoms with Gasteiger partial charge in [-0.1, -0.05) is 28.1 Å². The largest absolute Gasteiger partial charge is 0.371 e. The summed E-state index contributed by atoms with van der Waals surface area (Å²) in [5, 5.41) is 0. The second-order valence-electron chi connectivity index (χ2n) is 6.06. The molecule has 1 aromatic carbocycles. The van der Waals surface area contributed by atoms with Gasteiger partial charge in [-0.3, -0.25) is 9.69 Å². The number of morpholine rings is 1. The second-order valence-corrected chi connectivity index (χ2v) is 6.97. The van der Waals surface area contributed by atoms with E-state index in [1.54, 1.807) is 0 Å². The Morgan fingerprint density at radius 2 is 2.09 bits per heavy atom. The van der Waals surface area contributed by atoms with Crippen molar-refractivity contribution in [2.24, 2.45) is 0 Å². The number of hydrogen-bond acceptors (Lipinski definition) is 3. The van der Waals surface area contributed by atoms with Gasteiger partial charge in [-0.2, -0.15) is 0 Å². The highest BCUT2D eigenvalue weighted by Crippen LogP contribution is 2.27. The number of likely N-dealkylation sites (N-methyl/N-ethyl adjacent to an activating group) is 1. The van der Waals surface area contributed by atoms with Gasteiger partial charge < -0.3 is 9.64 Å². The lowest BCUT2D eigenvalue weighted by Gasteiger charge is -2.34. The minimum absolute atomic E-state index is 0.0608. The van der Waals surface area contributed by atoms with Crippen molar-refractivity contribution < 1.29 is 9.53 Å². The molecule has 5 heteroatoms. The summed E-state index contributed by atoms with van der Waals surface area (Å²) < 4.78 is 6.95. The number of nitrogens with zero attached hydrogens (tertiary/aromatic N) is 2. The molecule has 1 saturated carbocycles. The Labute approximate surface area is 140 Å². The lowest BCUT2D eigenvalue weighted by molar-refractivity contribution is -0.134. The van der Waals surface area contributed by atoms with Gasteiger partial charge in [0.1, 0.15) is 0 Å². The van der Waals surface area contributed by atoms with E-state index in [1.807, 2.05) is 17.0 Å². The first kappa shape index (κ1) is 16.0. The van der Waals surface area contributed by atoms with Crippen LogP contribution in [0.5, 0.6) is 0 Å². The highest BCUT2D eigenvalue weighted by molar-refractivity contribution is 9.10. The molecule has 1 heterocycles. The molecule has 1 aliphatic heterocycles. The maximum atomic E-state index is 12.4. The number of benzene rings is 1. The van der Waals surface area contributed by atoms with Crippen molar-refractivity contribution in [3.8, 4) is 0 Å². The molecule has 1 aromatic rings. The van der Waals surface area contributed by atoms with E-state index in [9.17, 15) is 4.79 Å². The molecule has 0 N–H and O–H groups in total. The van der Waals surface area contributed by atoms with Gasteiger partial charge in [0.2, 0.25) is 5.91 Å². The molecule has 120 valence electrons. The average molecular weight is 367 g/mol. The fraction of sp³-hybridized carbons (Fsp3) is 0.588. The van der Waals surface area contributed by atoms with Crippen LogP contribution in [0.25, 0.3) is 0 Å². The summed E-state index contributed by atoms with van der Waals surface area (Å²) in [4.78, 5) is 16.7. The fourth-order valence-electron chi connectivity index (χ4n) is 3.03. The Kier molecular flexibility index (Phi) is 5.16. The van der Waals surface area contributed by atoms with E-state index >= 15 is 0 Å². The SMILES string of the molecule is CCN(C(=O)CN1CCO[C@H](c2ccc(Br)cc2)C1)C1CC1. The summed E-state index contributed by atoms with van der Waals surface area (Å²) in [6.45, 7) is 5.71. The maximum absolute atomic E-state index is 12.4. The van der Waals surface area contributed by atoms with Gasteiger partial charge in [0, 0.05) is 30.1 Å². The zero-order valence-corrected chi connectivity index (χ0v) is 14.6. The van der Waals surface area contributed by atoms with Gasteiger partial charge in [0.05, 0.1) is 19.3 Å². The third kappa shape index (κ3) is 3.89. The molecule has 2 fully saturated rings. The summed E-state index contributed by atoms with van der Waals surface area (Å²) in [5.41, 5.74) is 1.18. The Morgan fingerprint density at radius 1 is 1.36 bits per heavy atom. The van der Waals surface area contributed by atoms with Gasteiger partial charge in [-0.15, -0.1) is 0 Å². The molecule has 0 unspecified atom stereocenters. The number of ether oxygens (including phenoxy) is 1. The van der Waals surface area contributed by atoms with Crippen LogP contribution in [-0.2, 0) is 9.53 Å². The number of amides is 1. The molecule has 4 nitrogen and oxygen atoms in total. The van der Waals surface area contributed by atoms with Gasteiger partial charge in [-0.25, -0.2) is 0 Å². The summed E-state index contributed by atoms with van der Waals surface area (Å²) in [6.07, 6.45) is 2.40. The molecule has 0 aromatic heterocycles. The van der Waals surface area contributed by atoms with E-state index in [0.29, 0.717) is 19.2 Å². The van der Waals surface area contributed by atoms with Crippen LogP contribution in [0.15, 0.2) is 28.7 Å². The number of rotatable bonds is 5. The molecule has 22 heavy (non-hydrogen) atoms. The number of carbonyl (C=O) groups excluding carboxylic acids is 1. The van der Waals surface area contributed by atoms with E-state index < -0.39 is 0 Å². The van der Waals surface area contributed by atoms with Gasteiger partial charge in [0.15, 0.2) is 0 Å². The monoisotopic (exact) mass is 366 g/mol. The van der Waals surface area contributed by atoms with Crippen molar-refractivity contribution >= 4 is 21.8 Å². The molecular weight excluding hydrogens is 344 g/mol. The zero-order valence-electron chi connectivity index (χ0n) is 13.0. The summed E-state index contributed by atoms with van der Waals surface area (Å²) >= 11 is 3.46. The standard InChI is InChI=1S/C17H23BrN2O2/c1-2-20(15-7-8-15)17(21)12-19-9-10-22-16(11-19)13-3-5-14(18)6-4-13/h3-6,15-16H,2,7-12H2,1H3/t16-/m0/s1. The predicted molar refractivity (Wildman–Crippen MR) is 89.7 cm³/mol. The molecule has 2 aliphatic rings. The summed E-state index contributed by atoms with van der Waals surface area (Å²) in [7, 11) is 0. The molecule has 1 amide bonds. The number of halogens is 1. The van der Waals surface area contributed by atoms with Gasteiger partial charge >= 0.3 is 0 Å². The fourth-order valence-corrected chi connectivity index (χ4v) is 3.30. The van der Waals surface area contributed by atoms with E-state index in [1.165, 1.54) is 18.4 Å². The smallest absolute Gasteiger partial charge is 0.236 e. The van der Waals surface area contributed by atoms with Crippen LogP contribution in [0, 0.1) is 0 Å². The van der Waals surface area contributed by atoms with Crippen LogP contribution in [-0.4, -0.2) is 54.5 Å². The predicted octanol–water partition coefficient (Wildman–Crippen LogP) is 2.83. The first-order chi connectivity index (χ1) is 10.7. The van der Waals surface area contributed by atoms with Crippen LogP contribution >= 0.6 is 15.9 Å². The van der Waals surface area contributed by atoms with Crippen LogP contribution in [0.1, 0.15) is 31.4 Å². The molecular formula is C17H23BrN2O2. The molecule has 1 saturated heterocycles. The number of carbonyl (C=O) groups is 1. The summed E-state index contributed by atoms with van der Waals surface area (Å²) in [6, 6.07) is 8.75. The maximum Gasteiger partial charge on any atom is 0.236 e. The van der Waals surface area contributed by atoms with Crippen LogP contribution in [0.2, 0.25) is 0 Å². The minimum atomic E-state index is 0.0608.